The van der Waals surface area contributed by atoms with Gasteiger partial charge in [-0.2, -0.15) is 0 Å². The summed E-state index contributed by atoms with van der Waals surface area (Å²) in [6.07, 6.45) is 1.02. The van der Waals surface area contributed by atoms with E-state index in [1.54, 1.807) is 0 Å². The van der Waals surface area contributed by atoms with Crippen LogP contribution in [0.3, 0.4) is 0 Å². The number of pyridine rings is 1. The van der Waals surface area contributed by atoms with E-state index in [4.69, 9.17) is 0 Å². The van der Waals surface area contributed by atoms with Gasteiger partial charge < -0.3 is 5.32 Å². The quantitative estimate of drug-likeness (QED) is 0.805. The average Bonchev–Trinajstić information content (AvgIpc) is 2.28. The molecule has 15 heavy (non-hydrogen) atoms. The zero-order chi connectivity index (χ0) is 10.8. The van der Waals surface area contributed by atoms with E-state index in [9.17, 15) is 0 Å². The van der Waals surface area contributed by atoms with E-state index < -0.39 is 0 Å². The standard InChI is InChI=1S/C13H16N2/c1-4-10-6-5-7-11-9(2)8-12(14-3)15-13(10)11/h5-8H,4H2,1-3H3,(H,14,15). The summed E-state index contributed by atoms with van der Waals surface area (Å²) in [6.45, 7) is 4.29. The lowest BCUT2D eigenvalue weighted by molar-refractivity contribution is 1.14. The molecular weight excluding hydrogens is 184 g/mol. The van der Waals surface area contributed by atoms with Crippen LogP contribution in [0.25, 0.3) is 10.9 Å². The lowest BCUT2D eigenvalue weighted by atomic mass is 10.0. The molecule has 1 heterocycles. The largest absolute Gasteiger partial charge is 0.373 e. The number of nitrogens with zero attached hydrogens (tertiary/aromatic N) is 1. The van der Waals surface area contributed by atoms with Crippen LogP contribution in [-0.4, -0.2) is 12.0 Å². The zero-order valence-corrected chi connectivity index (χ0v) is 9.46. The first-order valence-electron chi connectivity index (χ1n) is 5.33. The van der Waals surface area contributed by atoms with Crippen LogP contribution in [0.4, 0.5) is 5.82 Å². The highest BCUT2D eigenvalue weighted by atomic mass is 15.0. The lowest BCUT2D eigenvalue weighted by Crippen LogP contribution is -1.96. The number of rotatable bonds is 2. The summed E-state index contributed by atoms with van der Waals surface area (Å²) < 4.78 is 0. The van der Waals surface area contributed by atoms with Crippen molar-refractivity contribution in [1.82, 2.24) is 4.98 Å². The molecule has 0 bridgehead atoms. The monoisotopic (exact) mass is 200 g/mol. The fourth-order valence-electron chi connectivity index (χ4n) is 1.89. The van der Waals surface area contributed by atoms with Gasteiger partial charge in [0.05, 0.1) is 5.52 Å². The van der Waals surface area contributed by atoms with Crippen LogP contribution in [0.1, 0.15) is 18.1 Å². The SMILES string of the molecule is CCc1cccc2c(C)cc(NC)nc12. The molecule has 78 valence electrons. The third kappa shape index (κ3) is 1.67. The average molecular weight is 200 g/mol. The van der Waals surface area contributed by atoms with E-state index in [1.807, 2.05) is 7.05 Å². The first-order valence-corrected chi connectivity index (χ1v) is 5.33. The first-order chi connectivity index (χ1) is 7.26. The van der Waals surface area contributed by atoms with Crippen molar-refractivity contribution < 1.29 is 0 Å². The van der Waals surface area contributed by atoms with Gasteiger partial charge in [-0.3, -0.25) is 0 Å². The molecule has 2 aromatic rings. The predicted octanol–water partition coefficient (Wildman–Crippen LogP) is 3.15. The molecule has 0 aliphatic heterocycles. The Bertz CT molecular complexity index is 489. The maximum Gasteiger partial charge on any atom is 0.126 e. The van der Waals surface area contributed by atoms with Gasteiger partial charge in [-0.05, 0) is 30.5 Å². The van der Waals surface area contributed by atoms with Gasteiger partial charge >= 0.3 is 0 Å². The Morgan fingerprint density at radius 1 is 1.33 bits per heavy atom. The Labute approximate surface area is 90.3 Å². The number of aryl methyl sites for hydroxylation is 2. The van der Waals surface area contributed by atoms with Crippen molar-refractivity contribution in [3.63, 3.8) is 0 Å². The highest BCUT2D eigenvalue weighted by Gasteiger charge is 2.04. The van der Waals surface area contributed by atoms with Crippen LogP contribution in [0.5, 0.6) is 0 Å². The number of nitrogens with one attached hydrogen (secondary N) is 1. The molecule has 2 rings (SSSR count). The van der Waals surface area contributed by atoms with Crippen LogP contribution in [0.2, 0.25) is 0 Å². The fraction of sp³-hybridized carbons (Fsp3) is 0.308. The van der Waals surface area contributed by atoms with E-state index >= 15 is 0 Å². The van der Waals surface area contributed by atoms with Crippen LogP contribution in [0, 0.1) is 6.92 Å². The van der Waals surface area contributed by atoms with E-state index in [1.165, 1.54) is 16.5 Å². The van der Waals surface area contributed by atoms with Gasteiger partial charge in [-0.1, -0.05) is 25.1 Å². The van der Waals surface area contributed by atoms with Crippen LogP contribution >= 0.6 is 0 Å². The smallest absolute Gasteiger partial charge is 0.126 e. The van der Waals surface area contributed by atoms with E-state index in [-0.39, 0.29) is 0 Å². The third-order valence-corrected chi connectivity index (χ3v) is 2.77. The number of anilines is 1. The Balaban J connectivity index is 2.79. The Morgan fingerprint density at radius 2 is 2.13 bits per heavy atom. The maximum atomic E-state index is 4.61. The van der Waals surface area contributed by atoms with Crippen LogP contribution in [-0.2, 0) is 6.42 Å². The van der Waals surface area contributed by atoms with Crippen molar-refractivity contribution in [2.45, 2.75) is 20.3 Å². The van der Waals surface area contributed by atoms with Crippen LogP contribution < -0.4 is 5.32 Å². The molecule has 0 atom stereocenters. The minimum atomic E-state index is 0.945. The Morgan fingerprint density at radius 3 is 2.80 bits per heavy atom. The van der Waals surface area contributed by atoms with Gasteiger partial charge in [0.2, 0.25) is 0 Å². The number of hydrogen-bond acceptors (Lipinski definition) is 2. The molecule has 2 nitrogen and oxygen atoms in total. The van der Waals surface area contributed by atoms with Crippen molar-refractivity contribution in [1.29, 1.82) is 0 Å². The topological polar surface area (TPSA) is 24.9 Å². The zero-order valence-electron chi connectivity index (χ0n) is 9.46. The number of fused-ring (bicyclic) bond motifs is 1. The first kappa shape index (κ1) is 9.97. The highest BCUT2D eigenvalue weighted by Crippen LogP contribution is 2.23. The van der Waals surface area contributed by atoms with Gasteiger partial charge in [0, 0.05) is 12.4 Å². The minimum absolute atomic E-state index is 0.945. The molecule has 0 unspecified atom stereocenters. The summed E-state index contributed by atoms with van der Waals surface area (Å²) in [5.74, 6) is 0.945. The highest BCUT2D eigenvalue weighted by molar-refractivity contribution is 5.86. The minimum Gasteiger partial charge on any atom is -0.373 e. The second kappa shape index (κ2) is 3.89. The number of hydrogen-bond donors (Lipinski definition) is 1. The lowest BCUT2D eigenvalue weighted by Gasteiger charge is -2.08. The fourth-order valence-corrected chi connectivity index (χ4v) is 1.89. The van der Waals surface area contributed by atoms with Gasteiger partial charge in [0.25, 0.3) is 0 Å². The number of aromatic nitrogens is 1. The van der Waals surface area contributed by atoms with Gasteiger partial charge in [0.15, 0.2) is 0 Å². The van der Waals surface area contributed by atoms with Crippen molar-refractivity contribution >= 4 is 16.7 Å². The molecule has 0 amide bonds. The number of para-hydroxylation sites is 1. The Hall–Kier alpha value is -1.57. The summed E-state index contributed by atoms with van der Waals surface area (Å²) >= 11 is 0. The maximum absolute atomic E-state index is 4.61. The van der Waals surface area contributed by atoms with E-state index in [2.05, 4.69) is 48.4 Å². The van der Waals surface area contributed by atoms with E-state index in [0.29, 0.717) is 0 Å². The normalized spacial score (nSPS) is 10.6. The molecule has 1 aromatic carbocycles. The molecule has 0 spiro atoms. The predicted molar refractivity (Wildman–Crippen MR) is 65.4 cm³/mol. The molecule has 0 saturated carbocycles. The molecule has 0 radical (unpaired) electrons. The summed E-state index contributed by atoms with van der Waals surface area (Å²) in [5, 5.41) is 4.36. The second-order valence-electron chi connectivity index (χ2n) is 3.74. The molecule has 1 aromatic heterocycles. The molecule has 0 aliphatic rings. The molecule has 0 fully saturated rings. The van der Waals surface area contributed by atoms with Crippen molar-refractivity contribution in [3.8, 4) is 0 Å². The van der Waals surface area contributed by atoms with Crippen LogP contribution in [0.15, 0.2) is 24.3 Å². The number of benzene rings is 1. The van der Waals surface area contributed by atoms with E-state index in [0.717, 1.165) is 17.8 Å². The molecule has 0 saturated heterocycles. The summed E-state index contributed by atoms with van der Waals surface area (Å²) in [4.78, 5) is 4.61. The molecular formula is C13H16N2. The summed E-state index contributed by atoms with van der Waals surface area (Å²) in [7, 11) is 1.90. The summed E-state index contributed by atoms with van der Waals surface area (Å²) in [6, 6.07) is 8.47. The van der Waals surface area contributed by atoms with Gasteiger partial charge in [-0.25, -0.2) is 4.98 Å². The van der Waals surface area contributed by atoms with Crippen molar-refractivity contribution in [2.75, 3.05) is 12.4 Å². The third-order valence-electron chi connectivity index (χ3n) is 2.77. The van der Waals surface area contributed by atoms with Crippen molar-refractivity contribution in [2.24, 2.45) is 0 Å². The summed E-state index contributed by atoms with van der Waals surface area (Å²) in [5.41, 5.74) is 3.72. The molecule has 1 N–H and O–H groups in total. The molecule has 0 aliphatic carbocycles. The second-order valence-corrected chi connectivity index (χ2v) is 3.74. The molecule has 2 heteroatoms. The van der Waals surface area contributed by atoms with Crippen molar-refractivity contribution in [3.05, 3.63) is 35.4 Å². The van der Waals surface area contributed by atoms with Gasteiger partial charge in [-0.15, -0.1) is 0 Å². The Kier molecular flexibility index (Phi) is 2.58. The van der Waals surface area contributed by atoms with Gasteiger partial charge in [0.1, 0.15) is 5.82 Å².